The third kappa shape index (κ3) is 7.22. The van der Waals surface area contributed by atoms with Gasteiger partial charge in [-0.2, -0.15) is 0 Å². The van der Waals surface area contributed by atoms with Crippen molar-refractivity contribution in [1.29, 1.82) is 0 Å². The smallest absolute Gasteiger partial charge is 0.175 e. The molecule has 4 nitrogen and oxygen atoms in total. The van der Waals surface area contributed by atoms with Crippen LogP contribution in [0.4, 0.5) is 0 Å². The van der Waals surface area contributed by atoms with Crippen LogP contribution < -0.4 is 9.47 Å². The summed E-state index contributed by atoms with van der Waals surface area (Å²) >= 11 is 3.37. The highest BCUT2D eigenvalue weighted by atomic mass is 32.2. The molecule has 0 aromatic heterocycles. The molecule has 0 spiro atoms. The summed E-state index contributed by atoms with van der Waals surface area (Å²) in [5.41, 5.74) is 0. The lowest BCUT2D eigenvalue weighted by molar-refractivity contribution is 0.481. The van der Waals surface area contributed by atoms with E-state index in [2.05, 4.69) is 24.3 Å². The van der Waals surface area contributed by atoms with Crippen molar-refractivity contribution in [3.8, 4) is 23.0 Å². The Morgan fingerprint density at radius 3 is 1.11 bits per heavy atom. The molecule has 7 heteroatoms. The van der Waals surface area contributed by atoms with Crippen molar-refractivity contribution in [3.05, 3.63) is 127 Å². The third-order valence-corrected chi connectivity index (χ3v) is 8.57. The van der Waals surface area contributed by atoms with E-state index in [-0.39, 0.29) is 4.90 Å². The van der Waals surface area contributed by atoms with E-state index >= 15 is 0 Å². The van der Waals surface area contributed by atoms with Crippen molar-refractivity contribution >= 4 is 33.4 Å². The fourth-order valence-corrected chi connectivity index (χ4v) is 5.80. The maximum absolute atomic E-state index is 11.6. The van der Waals surface area contributed by atoms with Crippen LogP contribution >= 0.6 is 23.5 Å². The van der Waals surface area contributed by atoms with Crippen LogP contribution in [0, 0.1) is 0 Å². The molecule has 0 atom stereocenters. The molecule has 0 bridgehead atoms. The zero-order valence-electron chi connectivity index (χ0n) is 20.5. The minimum Gasteiger partial charge on any atom is -0.457 e. The second-order valence-electron chi connectivity index (χ2n) is 8.38. The molecule has 0 radical (unpaired) electrons. The van der Waals surface area contributed by atoms with E-state index in [0.29, 0.717) is 11.5 Å². The summed E-state index contributed by atoms with van der Waals surface area (Å²) in [6, 6.07) is 40.6. The fraction of sp³-hybridized carbons (Fsp3) is 0.0323. The summed E-state index contributed by atoms with van der Waals surface area (Å²) in [5.74, 6) is 2.84. The molecule has 190 valence electrons. The van der Waals surface area contributed by atoms with Crippen LogP contribution in [-0.4, -0.2) is 14.7 Å². The Kier molecular flexibility index (Phi) is 8.08. The summed E-state index contributed by atoms with van der Waals surface area (Å²) in [6.07, 6.45) is 1.19. The van der Waals surface area contributed by atoms with Gasteiger partial charge in [0.05, 0.1) is 4.90 Å². The van der Waals surface area contributed by atoms with E-state index in [1.54, 1.807) is 47.8 Å². The van der Waals surface area contributed by atoms with Gasteiger partial charge in [-0.3, -0.25) is 0 Å². The van der Waals surface area contributed by atoms with Gasteiger partial charge in [-0.05, 0) is 109 Å². The SMILES string of the molecule is CS(=O)(=O)c1ccc(Oc2ccc(Sc3ccc(Oc4ccc(Sc5ccccc5)cc4)cc3)cc2)cc1. The second-order valence-corrected chi connectivity index (χ2v) is 12.7. The Hall–Kier alpha value is -3.65. The first-order valence-corrected chi connectivity index (χ1v) is 15.3. The molecule has 0 fully saturated rings. The quantitative estimate of drug-likeness (QED) is 0.181. The number of hydrogen-bond donors (Lipinski definition) is 0. The topological polar surface area (TPSA) is 52.6 Å². The fourth-order valence-electron chi connectivity index (χ4n) is 3.51. The van der Waals surface area contributed by atoms with E-state index in [1.807, 2.05) is 78.9 Å². The number of sulfone groups is 1. The summed E-state index contributed by atoms with van der Waals surface area (Å²) in [6.45, 7) is 0. The van der Waals surface area contributed by atoms with Crippen molar-refractivity contribution in [2.75, 3.05) is 6.26 Å². The molecule has 0 aliphatic rings. The van der Waals surface area contributed by atoms with Crippen LogP contribution in [0.3, 0.4) is 0 Å². The minimum absolute atomic E-state index is 0.267. The molecule has 0 aliphatic carbocycles. The van der Waals surface area contributed by atoms with E-state index in [0.717, 1.165) is 26.2 Å². The van der Waals surface area contributed by atoms with Gasteiger partial charge in [0, 0.05) is 25.8 Å². The lowest BCUT2D eigenvalue weighted by atomic mass is 10.3. The Bertz CT molecular complexity index is 1580. The summed E-state index contributed by atoms with van der Waals surface area (Å²) in [5, 5.41) is 0. The average molecular weight is 557 g/mol. The monoisotopic (exact) mass is 556 g/mol. The standard InChI is InChI=1S/C31H24O4S3/c1-38(32,33)31-21-13-26(14-22-31)35-25-11-19-30(20-12-25)37-29-17-9-24(10-18-29)34-23-7-15-28(16-8-23)36-27-5-3-2-4-6-27/h2-22H,1H3. The van der Waals surface area contributed by atoms with E-state index in [4.69, 9.17) is 9.47 Å². The van der Waals surface area contributed by atoms with E-state index in [1.165, 1.54) is 11.2 Å². The highest BCUT2D eigenvalue weighted by molar-refractivity contribution is 7.99. The Balaban J connectivity index is 1.14. The van der Waals surface area contributed by atoms with Gasteiger partial charge in [-0.15, -0.1) is 0 Å². The second kappa shape index (κ2) is 11.8. The van der Waals surface area contributed by atoms with Gasteiger partial charge in [0.15, 0.2) is 9.84 Å². The Morgan fingerprint density at radius 2 is 0.763 bits per heavy atom. The first-order chi connectivity index (χ1) is 18.4. The van der Waals surface area contributed by atoms with Gasteiger partial charge >= 0.3 is 0 Å². The normalized spacial score (nSPS) is 11.2. The van der Waals surface area contributed by atoms with E-state index in [9.17, 15) is 8.42 Å². The van der Waals surface area contributed by atoms with Crippen molar-refractivity contribution in [2.45, 2.75) is 24.5 Å². The van der Waals surface area contributed by atoms with Crippen LogP contribution in [-0.2, 0) is 9.84 Å². The molecule has 0 saturated carbocycles. The van der Waals surface area contributed by atoms with Crippen molar-refractivity contribution < 1.29 is 17.9 Å². The van der Waals surface area contributed by atoms with Crippen LogP contribution in [0.15, 0.2) is 152 Å². The first kappa shape index (κ1) is 26.0. The van der Waals surface area contributed by atoms with Crippen molar-refractivity contribution in [2.24, 2.45) is 0 Å². The van der Waals surface area contributed by atoms with Gasteiger partial charge in [0.2, 0.25) is 0 Å². The predicted molar refractivity (Wildman–Crippen MR) is 154 cm³/mol. The largest absolute Gasteiger partial charge is 0.457 e. The molecule has 0 unspecified atom stereocenters. The first-order valence-electron chi connectivity index (χ1n) is 11.8. The molecule has 5 aromatic rings. The lowest BCUT2D eigenvalue weighted by Crippen LogP contribution is -1.96. The number of hydrogen-bond acceptors (Lipinski definition) is 6. The third-order valence-electron chi connectivity index (χ3n) is 5.41. The summed E-state index contributed by atoms with van der Waals surface area (Å²) < 4.78 is 35.1. The zero-order valence-corrected chi connectivity index (χ0v) is 22.9. The molecule has 0 amide bonds. The number of rotatable bonds is 9. The van der Waals surface area contributed by atoms with E-state index < -0.39 is 9.84 Å². The molecule has 38 heavy (non-hydrogen) atoms. The molecule has 0 aliphatic heterocycles. The van der Waals surface area contributed by atoms with Gasteiger partial charge < -0.3 is 9.47 Å². The molecular weight excluding hydrogens is 533 g/mol. The zero-order chi connectivity index (χ0) is 26.4. The maximum Gasteiger partial charge on any atom is 0.175 e. The lowest BCUT2D eigenvalue weighted by Gasteiger charge is -2.09. The van der Waals surface area contributed by atoms with Gasteiger partial charge in [0.1, 0.15) is 23.0 Å². The maximum atomic E-state index is 11.6. The average Bonchev–Trinajstić information content (AvgIpc) is 2.92. The highest BCUT2D eigenvalue weighted by Crippen LogP contribution is 2.33. The van der Waals surface area contributed by atoms with Gasteiger partial charge in [0.25, 0.3) is 0 Å². The summed E-state index contributed by atoms with van der Waals surface area (Å²) in [7, 11) is -3.23. The molecule has 0 N–H and O–H groups in total. The summed E-state index contributed by atoms with van der Waals surface area (Å²) in [4.78, 5) is 4.81. The van der Waals surface area contributed by atoms with Gasteiger partial charge in [-0.1, -0.05) is 41.7 Å². The number of benzene rings is 5. The van der Waals surface area contributed by atoms with Gasteiger partial charge in [-0.25, -0.2) is 8.42 Å². The molecule has 0 heterocycles. The van der Waals surface area contributed by atoms with Crippen molar-refractivity contribution in [3.63, 3.8) is 0 Å². The van der Waals surface area contributed by atoms with Crippen LogP contribution in [0.25, 0.3) is 0 Å². The molecular formula is C31H24O4S3. The predicted octanol–water partition coefficient (Wildman–Crippen LogP) is 8.98. The minimum atomic E-state index is -3.23. The number of ether oxygens (including phenoxy) is 2. The molecule has 0 saturated heterocycles. The van der Waals surface area contributed by atoms with Crippen LogP contribution in [0.2, 0.25) is 0 Å². The Labute approximate surface area is 231 Å². The highest BCUT2D eigenvalue weighted by Gasteiger charge is 2.07. The molecule has 5 aromatic carbocycles. The molecule has 5 rings (SSSR count). The Morgan fingerprint density at radius 1 is 0.447 bits per heavy atom. The van der Waals surface area contributed by atoms with Crippen LogP contribution in [0.5, 0.6) is 23.0 Å². The van der Waals surface area contributed by atoms with Crippen LogP contribution in [0.1, 0.15) is 0 Å². The van der Waals surface area contributed by atoms with Crippen molar-refractivity contribution in [1.82, 2.24) is 0 Å².